The molecule has 2 atom stereocenters. The molecule has 5 nitrogen and oxygen atoms in total. The fraction of sp³-hybridized carbons (Fsp3) is 0.529. The molecule has 120 valence electrons. The van der Waals surface area contributed by atoms with Crippen molar-refractivity contribution in [1.82, 2.24) is 15.5 Å². The van der Waals surface area contributed by atoms with Gasteiger partial charge in [0, 0.05) is 32.6 Å². The highest BCUT2D eigenvalue weighted by Crippen LogP contribution is 2.14. The third-order valence-corrected chi connectivity index (χ3v) is 4.04. The third kappa shape index (κ3) is 4.76. The van der Waals surface area contributed by atoms with Crippen molar-refractivity contribution in [3.63, 3.8) is 0 Å². The first-order valence-electron chi connectivity index (χ1n) is 7.91. The standard InChI is InChI=1S/C17H25N3O2/c1-13(15-7-4-3-5-8-15)11-18-17(22)20-10-6-9-16(12-20)19-14(2)21/h3-5,7-8,13,16H,6,9-12H2,1-2H3,(H,18,22)(H,19,21)/t13-,16-/m1/s1. The normalized spacial score (nSPS) is 19.4. The van der Waals surface area contributed by atoms with Gasteiger partial charge in [-0.25, -0.2) is 4.79 Å². The first-order valence-corrected chi connectivity index (χ1v) is 7.91. The number of hydrogen-bond donors (Lipinski definition) is 2. The average molecular weight is 303 g/mol. The van der Waals surface area contributed by atoms with Crippen LogP contribution in [0.25, 0.3) is 0 Å². The number of piperidine rings is 1. The molecule has 0 aromatic heterocycles. The quantitative estimate of drug-likeness (QED) is 0.895. The van der Waals surface area contributed by atoms with E-state index in [0.29, 0.717) is 13.1 Å². The van der Waals surface area contributed by atoms with Crippen LogP contribution in [0.1, 0.15) is 38.2 Å². The van der Waals surface area contributed by atoms with E-state index in [2.05, 4.69) is 29.7 Å². The zero-order valence-corrected chi connectivity index (χ0v) is 13.3. The second-order valence-electron chi connectivity index (χ2n) is 5.98. The molecule has 1 saturated heterocycles. The van der Waals surface area contributed by atoms with Gasteiger partial charge in [-0.3, -0.25) is 4.79 Å². The Morgan fingerprint density at radius 2 is 2.05 bits per heavy atom. The number of carbonyl (C=O) groups is 2. The van der Waals surface area contributed by atoms with Crippen molar-refractivity contribution in [1.29, 1.82) is 0 Å². The molecule has 0 spiro atoms. The van der Waals surface area contributed by atoms with Crippen LogP contribution in [0.15, 0.2) is 30.3 Å². The first kappa shape index (κ1) is 16.3. The highest BCUT2D eigenvalue weighted by Gasteiger charge is 2.24. The molecule has 1 aliphatic heterocycles. The highest BCUT2D eigenvalue weighted by atomic mass is 16.2. The third-order valence-electron chi connectivity index (χ3n) is 4.04. The summed E-state index contributed by atoms with van der Waals surface area (Å²) in [6, 6.07) is 10.2. The van der Waals surface area contributed by atoms with Crippen molar-refractivity contribution < 1.29 is 9.59 Å². The van der Waals surface area contributed by atoms with E-state index >= 15 is 0 Å². The number of amides is 3. The van der Waals surface area contributed by atoms with E-state index in [4.69, 9.17) is 0 Å². The molecule has 0 aliphatic carbocycles. The van der Waals surface area contributed by atoms with E-state index < -0.39 is 0 Å². The molecule has 1 aromatic rings. The molecule has 22 heavy (non-hydrogen) atoms. The number of nitrogens with zero attached hydrogens (tertiary/aromatic N) is 1. The highest BCUT2D eigenvalue weighted by molar-refractivity contribution is 5.75. The van der Waals surface area contributed by atoms with Crippen LogP contribution in [-0.4, -0.2) is 42.5 Å². The van der Waals surface area contributed by atoms with E-state index in [1.165, 1.54) is 12.5 Å². The summed E-state index contributed by atoms with van der Waals surface area (Å²) in [5.41, 5.74) is 1.22. The van der Waals surface area contributed by atoms with Crippen LogP contribution in [0, 0.1) is 0 Å². The predicted octanol–water partition coefficient (Wildman–Crippen LogP) is 2.10. The maximum absolute atomic E-state index is 12.3. The molecular weight excluding hydrogens is 278 g/mol. The fourth-order valence-electron chi connectivity index (χ4n) is 2.82. The van der Waals surface area contributed by atoms with Gasteiger partial charge < -0.3 is 15.5 Å². The molecule has 0 saturated carbocycles. The summed E-state index contributed by atoms with van der Waals surface area (Å²) in [6.07, 6.45) is 1.86. The van der Waals surface area contributed by atoms with E-state index in [1.54, 1.807) is 4.90 Å². The van der Waals surface area contributed by atoms with Crippen LogP contribution in [0.5, 0.6) is 0 Å². The van der Waals surface area contributed by atoms with Gasteiger partial charge >= 0.3 is 6.03 Å². The maximum atomic E-state index is 12.3. The summed E-state index contributed by atoms with van der Waals surface area (Å²) in [4.78, 5) is 25.2. The Bertz CT molecular complexity index is 504. The van der Waals surface area contributed by atoms with E-state index in [9.17, 15) is 9.59 Å². The Morgan fingerprint density at radius 1 is 1.32 bits per heavy atom. The Labute approximate surface area is 132 Å². The Hall–Kier alpha value is -2.04. The van der Waals surface area contributed by atoms with Crippen molar-refractivity contribution in [3.05, 3.63) is 35.9 Å². The van der Waals surface area contributed by atoms with Gasteiger partial charge in [0.2, 0.25) is 5.91 Å². The van der Waals surface area contributed by atoms with E-state index in [1.807, 2.05) is 18.2 Å². The summed E-state index contributed by atoms with van der Waals surface area (Å²) in [7, 11) is 0. The van der Waals surface area contributed by atoms with Crippen molar-refractivity contribution in [2.75, 3.05) is 19.6 Å². The van der Waals surface area contributed by atoms with Crippen molar-refractivity contribution in [2.45, 2.75) is 38.6 Å². The smallest absolute Gasteiger partial charge is 0.317 e. The molecule has 2 N–H and O–H groups in total. The lowest BCUT2D eigenvalue weighted by atomic mass is 10.0. The second kappa shape index (κ2) is 7.82. The van der Waals surface area contributed by atoms with Crippen LogP contribution in [0.3, 0.4) is 0 Å². The maximum Gasteiger partial charge on any atom is 0.317 e. The lowest BCUT2D eigenvalue weighted by Gasteiger charge is -2.33. The minimum Gasteiger partial charge on any atom is -0.352 e. The summed E-state index contributed by atoms with van der Waals surface area (Å²) < 4.78 is 0. The minimum atomic E-state index is -0.0437. The molecule has 3 amide bonds. The number of likely N-dealkylation sites (tertiary alicyclic amines) is 1. The molecule has 0 radical (unpaired) electrons. The fourth-order valence-corrected chi connectivity index (χ4v) is 2.82. The average Bonchev–Trinajstić information content (AvgIpc) is 2.52. The SMILES string of the molecule is CC(=O)N[C@@H]1CCCN(C(=O)NC[C@@H](C)c2ccccc2)C1. The molecule has 1 aliphatic rings. The molecule has 0 bridgehead atoms. The summed E-state index contributed by atoms with van der Waals surface area (Å²) in [6.45, 7) is 5.57. The molecule has 2 rings (SSSR count). The van der Waals surface area contributed by atoms with Crippen molar-refractivity contribution >= 4 is 11.9 Å². The van der Waals surface area contributed by atoms with Gasteiger partial charge in [0.25, 0.3) is 0 Å². The number of nitrogens with one attached hydrogen (secondary N) is 2. The lowest BCUT2D eigenvalue weighted by molar-refractivity contribution is -0.119. The minimum absolute atomic E-state index is 0.0371. The molecule has 0 unspecified atom stereocenters. The summed E-state index contributed by atoms with van der Waals surface area (Å²) >= 11 is 0. The van der Waals surface area contributed by atoms with E-state index in [0.717, 1.165) is 19.4 Å². The largest absolute Gasteiger partial charge is 0.352 e. The Kier molecular flexibility index (Phi) is 5.81. The van der Waals surface area contributed by atoms with Crippen LogP contribution in [0.2, 0.25) is 0 Å². The summed E-state index contributed by atoms with van der Waals surface area (Å²) in [5, 5.41) is 5.90. The molecule has 5 heteroatoms. The zero-order valence-electron chi connectivity index (χ0n) is 13.3. The van der Waals surface area contributed by atoms with Crippen LogP contribution < -0.4 is 10.6 Å². The second-order valence-corrected chi connectivity index (χ2v) is 5.98. The van der Waals surface area contributed by atoms with Crippen molar-refractivity contribution in [2.24, 2.45) is 0 Å². The molecule has 1 heterocycles. The summed E-state index contributed by atoms with van der Waals surface area (Å²) in [5.74, 6) is 0.242. The molecule has 1 fully saturated rings. The van der Waals surface area contributed by atoms with Crippen LogP contribution in [0.4, 0.5) is 4.79 Å². The molecule has 1 aromatic carbocycles. The van der Waals surface area contributed by atoms with E-state index in [-0.39, 0.29) is 23.9 Å². The number of benzene rings is 1. The number of rotatable bonds is 4. The Morgan fingerprint density at radius 3 is 2.73 bits per heavy atom. The Balaban J connectivity index is 1.80. The van der Waals surface area contributed by atoms with Gasteiger partial charge in [-0.2, -0.15) is 0 Å². The zero-order chi connectivity index (χ0) is 15.9. The van der Waals surface area contributed by atoms with Gasteiger partial charge in [0.05, 0.1) is 0 Å². The molecular formula is C17H25N3O2. The topological polar surface area (TPSA) is 61.4 Å². The van der Waals surface area contributed by atoms with Gasteiger partial charge in [0.15, 0.2) is 0 Å². The number of hydrogen-bond acceptors (Lipinski definition) is 2. The van der Waals surface area contributed by atoms with Crippen molar-refractivity contribution in [3.8, 4) is 0 Å². The predicted molar refractivity (Wildman–Crippen MR) is 86.7 cm³/mol. The van der Waals surface area contributed by atoms with Gasteiger partial charge in [-0.1, -0.05) is 37.3 Å². The van der Waals surface area contributed by atoms with Gasteiger partial charge in [-0.15, -0.1) is 0 Å². The first-order chi connectivity index (χ1) is 10.6. The van der Waals surface area contributed by atoms with Crippen LogP contribution in [-0.2, 0) is 4.79 Å². The number of urea groups is 1. The monoisotopic (exact) mass is 303 g/mol. The lowest BCUT2D eigenvalue weighted by Crippen LogP contribution is -2.52. The van der Waals surface area contributed by atoms with Crippen LogP contribution >= 0.6 is 0 Å². The van der Waals surface area contributed by atoms with Gasteiger partial charge in [-0.05, 0) is 24.3 Å². The number of carbonyl (C=O) groups excluding carboxylic acids is 2. The van der Waals surface area contributed by atoms with Gasteiger partial charge in [0.1, 0.15) is 0 Å².